The Morgan fingerprint density at radius 2 is 1.70 bits per heavy atom. The molecule has 33 heavy (non-hydrogen) atoms. The van der Waals surface area contributed by atoms with Crippen molar-refractivity contribution < 1.29 is 13.2 Å². The molecule has 1 amide bonds. The first kappa shape index (κ1) is 23.5. The number of aryl methyl sites for hydroxylation is 2. The maximum atomic E-state index is 13.1. The van der Waals surface area contributed by atoms with E-state index in [0.717, 1.165) is 22.5 Å². The van der Waals surface area contributed by atoms with Crippen molar-refractivity contribution in [3.05, 3.63) is 59.7 Å². The monoisotopic (exact) mass is 485 g/mol. The number of piperazine rings is 1. The molecule has 174 valence electrons. The van der Waals surface area contributed by atoms with E-state index in [1.807, 2.05) is 67.9 Å². The highest BCUT2D eigenvalue weighted by atomic mass is 32.2. The highest BCUT2D eigenvalue weighted by Gasteiger charge is 2.31. The number of sulfonamides is 1. The van der Waals surface area contributed by atoms with E-state index in [1.54, 1.807) is 11.0 Å². The fourth-order valence-corrected chi connectivity index (χ4v) is 6.34. The van der Waals surface area contributed by atoms with Crippen LogP contribution in [-0.4, -0.2) is 70.2 Å². The van der Waals surface area contributed by atoms with Crippen LogP contribution in [0.4, 0.5) is 0 Å². The van der Waals surface area contributed by atoms with Gasteiger partial charge in [-0.15, -0.1) is 10.2 Å². The lowest BCUT2D eigenvalue weighted by Crippen LogP contribution is -2.51. The van der Waals surface area contributed by atoms with Crippen molar-refractivity contribution in [1.29, 1.82) is 0 Å². The molecule has 0 atom stereocenters. The van der Waals surface area contributed by atoms with Gasteiger partial charge in [0.05, 0.1) is 10.6 Å². The van der Waals surface area contributed by atoms with E-state index >= 15 is 0 Å². The molecule has 0 radical (unpaired) electrons. The molecule has 3 aromatic rings. The van der Waals surface area contributed by atoms with Crippen LogP contribution in [0.2, 0.25) is 0 Å². The Labute approximate surface area is 198 Å². The molecule has 1 saturated heterocycles. The fourth-order valence-electron chi connectivity index (χ4n) is 3.90. The van der Waals surface area contributed by atoms with Crippen molar-refractivity contribution in [2.24, 2.45) is 7.05 Å². The highest BCUT2D eigenvalue weighted by molar-refractivity contribution is 7.99. The summed E-state index contributed by atoms with van der Waals surface area (Å²) in [6.07, 6.45) is 0. The molecular formula is C23H27N5O3S2. The molecule has 0 aliphatic carbocycles. The summed E-state index contributed by atoms with van der Waals surface area (Å²) in [6.45, 7) is 5.07. The summed E-state index contributed by atoms with van der Waals surface area (Å²) in [6, 6.07) is 15.1. The SMILES string of the molecule is Cc1ccc(S(=O)(=O)N2CCN(C(=O)CSc3nnc(-c4ccccc4)n3C)CC2)c(C)c1. The average molecular weight is 486 g/mol. The molecule has 1 aliphatic rings. The largest absolute Gasteiger partial charge is 0.339 e. The zero-order chi connectivity index (χ0) is 23.6. The lowest BCUT2D eigenvalue weighted by molar-refractivity contribution is -0.129. The predicted octanol–water partition coefficient (Wildman–Crippen LogP) is 2.72. The Morgan fingerprint density at radius 1 is 1.00 bits per heavy atom. The molecule has 0 saturated carbocycles. The number of carbonyl (C=O) groups excluding carboxylic acids is 1. The molecule has 2 aromatic carbocycles. The first-order valence-electron chi connectivity index (χ1n) is 10.7. The van der Waals surface area contributed by atoms with Crippen molar-refractivity contribution in [3.8, 4) is 11.4 Å². The molecule has 1 aromatic heterocycles. The summed E-state index contributed by atoms with van der Waals surface area (Å²) in [7, 11) is -1.69. The van der Waals surface area contributed by atoms with Gasteiger partial charge >= 0.3 is 0 Å². The van der Waals surface area contributed by atoms with Gasteiger partial charge in [-0.3, -0.25) is 4.79 Å². The summed E-state index contributed by atoms with van der Waals surface area (Å²) >= 11 is 1.34. The van der Waals surface area contributed by atoms with E-state index in [2.05, 4.69) is 10.2 Å². The quantitative estimate of drug-likeness (QED) is 0.499. The van der Waals surface area contributed by atoms with Crippen LogP contribution < -0.4 is 0 Å². The summed E-state index contributed by atoms with van der Waals surface area (Å²) < 4.78 is 29.5. The number of benzene rings is 2. The van der Waals surface area contributed by atoms with Crippen LogP contribution in [0.1, 0.15) is 11.1 Å². The third-order valence-electron chi connectivity index (χ3n) is 5.73. The summed E-state index contributed by atoms with van der Waals surface area (Å²) in [5.41, 5.74) is 2.73. The second-order valence-corrected chi connectivity index (χ2v) is 10.9. The topological polar surface area (TPSA) is 88.4 Å². The van der Waals surface area contributed by atoms with E-state index < -0.39 is 10.0 Å². The van der Waals surface area contributed by atoms with Crippen LogP contribution in [0.15, 0.2) is 58.6 Å². The number of hydrogen-bond donors (Lipinski definition) is 0. The minimum absolute atomic E-state index is 0.0344. The second-order valence-electron chi connectivity index (χ2n) is 8.07. The number of hydrogen-bond acceptors (Lipinski definition) is 6. The number of aromatic nitrogens is 3. The van der Waals surface area contributed by atoms with Crippen LogP contribution in [0.25, 0.3) is 11.4 Å². The van der Waals surface area contributed by atoms with E-state index in [9.17, 15) is 13.2 Å². The van der Waals surface area contributed by atoms with Gasteiger partial charge in [-0.05, 0) is 25.5 Å². The molecule has 1 fully saturated rings. The normalized spacial score (nSPS) is 15.1. The smallest absolute Gasteiger partial charge is 0.243 e. The Balaban J connectivity index is 1.34. The number of carbonyl (C=O) groups is 1. The molecule has 4 rings (SSSR count). The van der Waals surface area contributed by atoms with E-state index in [1.165, 1.54) is 16.1 Å². The Hall–Kier alpha value is -2.69. The van der Waals surface area contributed by atoms with Crippen LogP contribution >= 0.6 is 11.8 Å². The van der Waals surface area contributed by atoms with Crippen molar-refractivity contribution >= 4 is 27.7 Å². The molecule has 8 nitrogen and oxygen atoms in total. The van der Waals surface area contributed by atoms with Crippen LogP contribution in [0.5, 0.6) is 0 Å². The van der Waals surface area contributed by atoms with Crippen LogP contribution in [-0.2, 0) is 21.9 Å². The first-order chi connectivity index (χ1) is 15.8. The zero-order valence-corrected chi connectivity index (χ0v) is 20.6. The minimum atomic E-state index is -3.57. The van der Waals surface area contributed by atoms with Gasteiger partial charge in [0.15, 0.2) is 11.0 Å². The average Bonchev–Trinajstić information content (AvgIpc) is 3.18. The fraction of sp³-hybridized carbons (Fsp3) is 0.348. The van der Waals surface area contributed by atoms with E-state index in [-0.39, 0.29) is 24.7 Å². The minimum Gasteiger partial charge on any atom is -0.339 e. The van der Waals surface area contributed by atoms with Crippen molar-refractivity contribution in [2.45, 2.75) is 23.9 Å². The first-order valence-corrected chi connectivity index (χ1v) is 13.1. The number of amides is 1. The van der Waals surface area contributed by atoms with Gasteiger partial charge in [0.2, 0.25) is 15.9 Å². The molecule has 0 bridgehead atoms. The predicted molar refractivity (Wildman–Crippen MR) is 128 cm³/mol. The lowest BCUT2D eigenvalue weighted by Gasteiger charge is -2.34. The third kappa shape index (κ3) is 4.97. The Morgan fingerprint density at radius 3 is 2.36 bits per heavy atom. The van der Waals surface area contributed by atoms with Crippen molar-refractivity contribution in [1.82, 2.24) is 24.0 Å². The van der Waals surface area contributed by atoms with Gasteiger partial charge in [-0.25, -0.2) is 8.42 Å². The molecular weight excluding hydrogens is 458 g/mol. The summed E-state index contributed by atoms with van der Waals surface area (Å²) in [4.78, 5) is 14.8. The maximum Gasteiger partial charge on any atom is 0.243 e. The van der Waals surface area contributed by atoms with Gasteiger partial charge in [-0.1, -0.05) is 59.8 Å². The summed E-state index contributed by atoms with van der Waals surface area (Å²) in [5, 5.41) is 9.13. The number of nitrogens with zero attached hydrogens (tertiary/aromatic N) is 5. The van der Waals surface area contributed by atoms with Gasteiger partial charge in [0, 0.05) is 38.8 Å². The standard InChI is InChI=1S/C23H27N5O3S2/c1-17-9-10-20(18(2)15-17)33(30,31)28-13-11-27(12-14-28)21(29)16-32-23-25-24-22(26(23)3)19-7-5-4-6-8-19/h4-10,15H,11-14,16H2,1-3H3. The Bertz CT molecular complexity index is 1250. The van der Waals surface area contributed by atoms with Crippen LogP contribution in [0.3, 0.4) is 0 Å². The molecule has 0 spiro atoms. The van der Waals surface area contributed by atoms with Gasteiger partial charge < -0.3 is 9.47 Å². The summed E-state index contributed by atoms with van der Waals surface area (Å²) in [5.74, 6) is 0.938. The maximum absolute atomic E-state index is 13.1. The number of thioether (sulfide) groups is 1. The number of rotatable bonds is 6. The molecule has 1 aliphatic heterocycles. The highest BCUT2D eigenvalue weighted by Crippen LogP contribution is 2.24. The van der Waals surface area contributed by atoms with Gasteiger partial charge in [0.25, 0.3) is 0 Å². The van der Waals surface area contributed by atoms with Crippen molar-refractivity contribution in [3.63, 3.8) is 0 Å². The van der Waals surface area contributed by atoms with E-state index in [0.29, 0.717) is 23.1 Å². The third-order valence-corrected chi connectivity index (χ3v) is 8.80. The molecule has 2 heterocycles. The second kappa shape index (κ2) is 9.66. The van der Waals surface area contributed by atoms with Crippen LogP contribution in [0, 0.1) is 13.8 Å². The lowest BCUT2D eigenvalue weighted by atomic mass is 10.2. The van der Waals surface area contributed by atoms with Gasteiger partial charge in [0.1, 0.15) is 0 Å². The molecule has 10 heteroatoms. The van der Waals surface area contributed by atoms with Crippen molar-refractivity contribution in [2.75, 3.05) is 31.9 Å². The molecule has 0 N–H and O–H groups in total. The van der Waals surface area contributed by atoms with Gasteiger partial charge in [-0.2, -0.15) is 4.31 Å². The molecule has 0 unspecified atom stereocenters. The van der Waals surface area contributed by atoms with E-state index in [4.69, 9.17) is 0 Å². The Kier molecular flexibility index (Phi) is 6.87. The zero-order valence-electron chi connectivity index (χ0n) is 18.9.